The van der Waals surface area contributed by atoms with Crippen molar-refractivity contribution in [2.24, 2.45) is 5.73 Å². The number of amides is 1. The molecule has 106 valence electrons. The highest BCUT2D eigenvalue weighted by Gasteiger charge is 2.03. The van der Waals surface area contributed by atoms with Gasteiger partial charge in [-0.15, -0.1) is 0 Å². The molecule has 0 heterocycles. The molecule has 0 aliphatic rings. The minimum Gasteiger partial charge on any atom is -0.491 e. The number of benzene rings is 1. The van der Waals surface area contributed by atoms with Gasteiger partial charge in [0.2, 0.25) is 5.91 Å². The van der Waals surface area contributed by atoms with Gasteiger partial charge in [0.15, 0.2) is 0 Å². The van der Waals surface area contributed by atoms with Crippen LogP contribution in [0.4, 0.5) is 5.69 Å². The first kappa shape index (κ1) is 15.5. The average Bonchev–Trinajstić information content (AvgIpc) is 2.36. The van der Waals surface area contributed by atoms with Gasteiger partial charge in [-0.1, -0.05) is 6.42 Å². The molecule has 1 aromatic rings. The van der Waals surface area contributed by atoms with Crippen LogP contribution in [0.15, 0.2) is 24.3 Å². The zero-order chi connectivity index (χ0) is 14.1. The molecule has 0 fully saturated rings. The van der Waals surface area contributed by atoms with Gasteiger partial charge in [-0.25, -0.2) is 0 Å². The first-order chi connectivity index (χ1) is 9.11. The maximum absolute atomic E-state index is 11.7. The van der Waals surface area contributed by atoms with E-state index in [4.69, 9.17) is 10.5 Å². The van der Waals surface area contributed by atoms with Crippen LogP contribution in [0.1, 0.15) is 39.5 Å². The molecule has 0 bridgehead atoms. The lowest BCUT2D eigenvalue weighted by atomic mass is 10.2. The standard InChI is InChI=1S/C15H24N2O2/c1-12(2)19-14-9-7-13(8-10-14)17-15(18)6-4-3-5-11-16/h7-10,12H,3-6,11,16H2,1-2H3,(H,17,18). The van der Waals surface area contributed by atoms with Crippen LogP contribution in [-0.4, -0.2) is 18.6 Å². The van der Waals surface area contributed by atoms with Crippen molar-refractivity contribution in [1.82, 2.24) is 0 Å². The molecule has 0 radical (unpaired) electrons. The Labute approximate surface area is 115 Å². The summed E-state index contributed by atoms with van der Waals surface area (Å²) in [6.07, 6.45) is 3.57. The highest BCUT2D eigenvalue weighted by molar-refractivity contribution is 5.90. The molecule has 4 nitrogen and oxygen atoms in total. The maximum atomic E-state index is 11.7. The van der Waals surface area contributed by atoms with Gasteiger partial charge in [-0.2, -0.15) is 0 Å². The van der Waals surface area contributed by atoms with E-state index in [1.807, 2.05) is 38.1 Å². The monoisotopic (exact) mass is 264 g/mol. The van der Waals surface area contributed by atoms with Crippen molar-refractivity contribution in [2.45, 2.75) is 45.6 Å². The van der Waals surface area contributed by atoms with Crippen molar-refractivity contribution in [2.75, 3.05) is 11.9 Å². The van der Waals surface area contributed by atoms with Crippen LogP contribution in [0.25, 0.3) is 0 Å². The molecule has 0 saturated heterocycles. The lowest BCUT2D eigenvalue weighted by molar-refractivity contribution is -0.116. The zero-order valence-corrected chi connectivity index (χ0v) is 11.8. The molecule has 0 saturated carbocycles. The molecule has 0 aromatic heterocycles. The fourth-order valence-electron chi connectivity index (χ4n) is 1.72. The van der Waals surface area contributed by atoms with E-state index in [-0.39, 0.29) is 12.0 Å². The number of hydrogen-bond donors (Lipinski definition) is 2. The van der Waals surface area contributed by atoms with Crippen molar-refractivity contribution in [3.05, 3.63) is 24.3 Å². The maximum Gasteiger partial charge on any atom is 0.224 e. The van der Waals surface area contributed by atoms with Crippen molar-refractivity contribution in [3.63, 3.8) is 0 Å². The summed E-state index contributed by atoms with van der Waals surface area (Å²) in [7, 11) is 0. The van der Waals surface area contributed by atoms with Crippen LogP contribution < -0.4 is 15.8 Å². The van der Waals surface area contributed by atoms with Crippen LogP contribution >= 0.6 is 0 Å². The van der Waals surface area contributed by atoms with Gasteiger partial charge in [0.05, 0.1) is 6.10 Å². The summed E-state index contributed by atoms with van der Waals surface area (Å²) in [4.78, 5) is 11.7. The number of nitrogens with two attached hydrogens (primary N) is 1. The summed E-state index contributed by atoms with van der Waals surface area (Å²) in [6, 6.07) is 7.44. The van der Waals surface area contributed by atoms with Gasteiger partial charge >= 0.3 is 0 Å². The summed E-state index contributed by atoms with van der Waals surface area (Å²) in [5.41, 5.74) is 6.21. The van der Waals surface area contributed by atoms with Crippen LogP contribution in [-0.2, 0) is 4.79 Å². The smallest absolute Gasteiger partial charge is 0.224 e. The SMILES string of the molecule is CC(C)Oc1ccc(NC(=O)CCCCCN)cc1. The number of unbranched alkanes of at least 4 members (excludes halogenated alkanes) is 2. The molecule has 19 heavy (non-hydrogen) atoms. The summed E-state index contributed by atoms with van der Waals surface area (Å²) in [5.74, 6) is 0.866. The summed E-state index contributed by atoms with van der Waals surface area (Å²) < 4.78 is 5.54. The van der Waals surface area contributed by atoms with E-state index in [1.165, 1.54) is 0 Å². The first-order valence-electron chi connectivity index (χ1n) is 6.88. The van der Waals surface area contributed by atoms with E-state index in [0.29, 0.717) is 13.0 Å². The topological polar surface area (TPSA) is 64.3 Å². The Balaban J connectivity index is 2.34. The Morgan fingerprint density at radius 2 is 1.89 bits per heavy atom. The van der Waals surface area contributed by atoms with Gasteiger partial charge in [-0.05, 0) is 57.5 Å². The number of rotatable bonds is 8. The Bertz CT molecular complexity index is 374. The number of anilines is 1. The molecule has 0 unspecified atom stereocenters. The predicted molar refractivity (Wildman–Crippen MR) is 78.4 cm³/mol. The molecule has 1 amide bonds. The van der Waals surface area contributed by atoms with Crippen LogP contribution in [0.3, 0.4) is 0 Å². The van der Waals surface area contributed by atoms with E-state index in [2.05, 4.69) is 5.32 Å². The summed E-state index contributed by atoms with van der Waals surface area (Å²) in [5, 5.41) is 2.87. The fourth-order valence-corrected chi connectivity index (χ4v) is 1.72. The third kappa shape index (κ3) is 6.82. The molecule has 0 spiro atoms. The molecule has 1 rings (SSSR count). The Morgan fingerprint density at radius 3 is 2.47 bits per heavy atom. The van der Waals surface area contributed by atoms with Crippen molar-refractivity contribution in [1.29, 1.82) is 0 Å². The van der Waals surface area contributed by atoms with Gasteiger partial charge < -0.3 is 15.8 Å². The van der Waals surface area contributed by atoms with Gasteiger partial charge in [0.1, 0.15) is 5.75 Å². The quantitative estimate of drug-likeness (QED) is 0.709. The number of carbonyl (C=O) groups excluding carboxylic acids is 1. The number of hydrogen-bond acceptors (Lipinski definition) is 3. The number of nitrogens with one attached hydrogen (secondary N) is 1. The molecule has 0 aliphatic carbocycles. The summed E-state index contributed by atoms with van der Waals surface area (Å²) >= 11 is 0. The molecule has 3 N–H and O–H groups in total. The predicted octanol–water partition coefficient (Wildman–Crippen LogP) is 2.93. The second-order valence-corrected chi connectivity index (χ2v) is 4.84. The van der Waals surface area contributed by atoms with Gasteiger partial charge in [0.25, 0.3) is 0 Å². The van der Waals surface area contributed by atoms with Gasteiger partial charge in [-0.3, -0.25) is 4.79 Å². The largest absolute Gasteiger partial charge is 0.491 e. The lowest BCUT2D eigenvalue weighted by Crippen LogP contribution is -2.11. The molecule has 0 atom stereocenters. The van der Waals surface area contributed by atoms with Crippen molar-refractivity contribution < 1.29 is 9.53 Å². The highest BCUT2D eigenvalue weighted by atomic mass is 16.5. The second kappa shape index (κ2) is 8.53. The number of ether oxygens (including phenoxy) is 1. The number of carbonyl (C=O) groups is 1. The zero-order valence-electron chi connectivity index (χ0n) is 11.8. The minimum atomic E-state index is 0.0505. The lowest BCUT2D eigenvalue weighted by Gasteiger charge is -2.10. The average molecular weight is 264 g/mol. The molecule has 0 aliphatic heterocycles. The fraction of sp³-hybridized carbons (Fsp3) is 0.533. The molecular weight excluding hydrogens is 240 g/mol. The Kier molecular flexibility index (Phi) is 6.97. The third-order valence-corrected chi connectivity index (χ3v) is 2.62. The highest BCUT2D eigenvalue weighted by Crippen LogP contribution is 2.17. The molecular formula is C15H24N2O2. The van der Waals surface area contributed by atoms with Crippen LogP contribution in [0.2, 0.25) is 0 Å². The van der Waals surface area contributed by atoms with Crippen LogP contribution in [0, 0.1) is 0 Å². The first-order valence-corrected chi connectivity index (χ1v) is 6.88. The minimum absolute atomic E-state index is 0.0505. The molecule has 4 heteroatoms. The Morgan fingerprint density at radius 1 is 1.21 bits per heavy atom. The Hall–Kier alpha value is -1.55. The third-order valence-electron chi connectivity index (χ3n) is 2.62. The van der Waals surface area contributed by atoms with E-state index >= 15 is 0 Å². The van der Waals surface area contributed by atoms with E-state index in [9.17, 15) is 4.79 Å². The second-order valence-electron chi connectivity index (χ2n) is 4.84. The molecule has 1 aromatic carbocycles. The van der Waals surface area contributed by atoms with E-state index < -0.39 is 0 Å². The van der Waals surface area contributed by atoms with Gasteiger partial charge in [0, 0.05) is 12.1 Å². The summed E-state index contributed by atoms with van der Waals surface area (Å²) in [6.45, 7) is 4.66. The van der Waals surface area contributed by atoms with Crippen molar-refractivity contribution in [3.8, 4) is 5.75 Å². The normalized spacial score (nSPS) is 10.5. The van der Waals surface area contributed by atoms with Crippen LogP contribution in [0.5, 0.6) is 5.75 Å². The van der Waals surface area contributed by atoms with Crippen molar-refractivity contribution >= 4 is 11.6 Å². The van der Waals surface area contributed by atoms with E-state index in [0.717, 1.165) is 30.7 Å². The van der Waals surface area contributed by atoms with E-state index in [1.54, 1.807) is 0 Å².